The van der Waals surface area contributed by atoms with Crippen molar-refractivity contribution in [2.24, 2.45) is 0 Å². The van der Waals surface area contributed by atoms with Crippen molar-refractivity contribution in [2.45, 2.75) is 45.1 Å². The second kappa shape index (κ2) is 10.5. The molecule has 0 saturated carbocycles. The second-order valence-electron chi connectivity index (χ2n) is 4.38. The van der Waals surface area contributed by atoms with Crippen molar-refractivity contribution in [3.05, 3.63) is 0 Å². The molecule has 0 bridgehead atoms. The first-order valence-corrected chi connectivity index (χ1v) is 6.44. The number of hydrogen-bond donors (Lipinski definition) is 1. The van der Waals surface area contributed by atoms with Gasteiger partial charge in [-0.2, -0.15) is 5.26 Å². The number of hydrogen-bond acceptors (Lipinski definition) is 4. The Morgan fingerprint density at radius 3 is 2.18 bits per heavy atom. The van der Waals surface area contributed by atoms with E-state index in [1.807, 2.05) is 14.0 Å². The van der Waals surface area contributed by atoms with E-state index >= 15 is 0 Å². The fourth-order valence-electron chi connectivity index (χ4n) is 1.33. The first-order valence-electron chi connectivity index (χ1n) is 6.44. The Hall–Kier alpha value is -0.630. The van der Waals surface area contributed by atoms with Crippen molar-refractivity contribution < 1.29 is 9.47 Å². The van der Waals surface area contributed by atoms with E-state index in [1.54, 1.807) is 0 Å². The van der Waals surface area contributed by atoms with Gasteiger partial charge in [0.1, 0.15) is 5.54 Å². The summed E-state index contributed by atoms with van der Waals surface area (Å²) in [6, 6.07) is 2.26. The molecule has 0 saturated heterocycles. The topological polar surface area (TPSA) is 54.3 Å². The van der Waals surface area contributed by atoms with Crippen LogP contribution in [-0.2, 0) is 9.47 Å². The molecule has 0 aliphatic carbocycles. The van der Waals surface area contributed by atoms with Crippen molar-refractivity contribution in [1.82, 2.24) is 5.32 Å². The van der Waals surface area contributed by atoms with E-state index in [-0.39, 0.29) is 0 Å². The molecule has 100 valence electrons. The molecule has 0 rings (SSSR count). The third kappa shape index (κ3) is 9.11. The van der Waals surface area contributed by atoms with Gasteiger partial charge in [0.05, 0.1) is 19.3 Å². The van der Waals surface area contributed by atoms with Crippen LogP contribution in [-0.4, -0.2) is 39.0 Å². The van der Waals surface area contributed by atoms with E-state index in [0.29, 0.717) is 19.8 Å². The Morgan fingerprint density at radius 1 is 1.12 bits per heavy atom. The largest absolute Gasteiger partial charge is 0.379 e. The SMILES string of the molecule is CCCCOCCOCCCC(C)(C#N)NC. The van der Waals surface area contributed by atoms with E-state index in [2.05, 4.69) is 18.3 Å². The predicted molar refractivity (Wildman–Crippen MR) is 68.9 cm³/mol. The highest BCUT2D eigenvalue weighted by molar-refractivity contribution is 5.02. The molecule has 4 nitrogen and oxygen atoms in total. The molecule has 0 aromatic rings. The fraction of sp³-hybridized carbons (Fsp3) is 0.923. The van der Waals surface area contributed by atoms with E-state index in [9.17, 15) is 0 Å². The first-order chi connectivity index (χ1) is 8.18. The number of unbranched alkanes of at least 4 members (excludes halogenated alkanes) is 1. The highest BCUT2D eigenvalue weighted by atomic mass is 16.5. The van der Waals surface area contributed by atoms with E-state index in [1.165, 1.54) is 0 Å². The Balaban J connectivity index is 3.27. The van der Waals surface area contributed by atoms with Crippen molar-refractivity contribution in [2.75, 3.05) is 33.5 Å². The van der Waals surface area contributed by atoms with Gasteiger partial charge in [0.2, 0.25) is 0 Å². The normalized spacial score (nSPS) is 14.2. The molecule has 0 radical (unpaired) electrons. The summed E-state index contributed by atoms with van der Waals surface area (Å²) in [5, 5.41) is 11.9. The highest BCUT2D eigenvalue weighted by Gasteiger charge is 2.19. The molecule has 0 heterocycles. The van der Waals surface area contributed by atoms with Crippen LogP contribution in [0.15, 0.2) is 0 Å². The molecular weight excluding hydrogens is 216 g/mol. The van der Waals surface area contributed by atoms with Crippen LogP contribution in [0.25, 0.3) is 0 Å². The summed E-state index contributed by atoms with van der Waals surface area (Å²) in [5.74, 6) is 0. The van der Waals surface area contributed by atoms with Gasteiger partial charge in [0.15, 0.2) is 0 Å². The predicted octanol–water partition coefficient (Wildman–Crippen LogP) is 2.10. The molecule has 0 aliphatic rings. The van der Waals surface area contributed by atoms with Crippen LogP contribution >= 0.6 is 0 Å². The molecule has 0 aliphatic heterocycles. The molecule has 4 heteroatoms. The minimum absolute atomic E-state index is 0.430. The number of nitrogens with one attached hydrogen (secondary N) is 1. The molecule has 0 aromatic carbocycles. The number of rotatable bonds is 11. The summed E-state index contributed by atoms with van der Waals surface area (Å²) in [5.41, 5.74) is -0.430. The molecule has 1 N–H and O–H groups in total. The maximum atomic E-state index is 8.94. The van der Waals surface area contributed by atoms with Gasteiger partial charge in [-0.3, -0.25) is 0 Å². The number of nitrogens with zero attached hydrogens (tertiary/aromatic N) is 1. The second-order valence-corrected chi connectivity index (χ2v) is 4.38. The van der Waals surface area contributed by atoms with Crippen LogP contribution in [0, 0.1) is 11.3 Å². The third-order valence-corrected chi connectivity index (χ3v) is 2.78. The zero-order valence-corrected chi connectivity index (χ0v) is 11.4. The summed E-state index contributed by atoms with van der Waals surface area (Å²) in [4.78, 5) is 0. The zero-order valence-electron chi connectivity index (χ0n) is 11.4. The van der Waals surface area contributed by atoms with Gasteiger partial charge in [0, 0.05) is 13.2 Å². The van der Waals surface area contributed by atoms with Crippen molar-refractivity contribution in [3.8, 4) is 6.07 Å². The molecule has 1 unspecified atom stereocenters. The lowest BCUT2D eigenvalue weighted by molar-refractivity contribution is 0.0443. The van der Waals surface area contributed by atoms with Crippen molar-refractivity contribution >= 4 is 0 Å². The van der Waals surface area contributed by atoms with Crippen LogP contribution in [0.4, 0.5) is 0 Å². The monoisotopic (exact) mass is 242 g/mol. The van der Waals surface area contributed by atoms with E-state index < -0.39 is 5.54 Å². The lowest BCUT2D eigenvalue weighted by atomic mass is 9.98. The zero-order chi connectivity index (χ0) is 13.0. The highest BCUT2D eigenvalue weighted by Crippen LogP contribution is 2.09. The van der Waals surface area contributed by atoms with Crippen molar-refractivity contribution in [1.29, 1.82) is 5.26 Å². The van der Waals surface area contributed by atoms with Crippen LogP contribution in [0.3, 0.4) is 0 Å². The van der Waals surface area contributed by atoms with Crippen LogP contribution in [0.2, 0.25) is 0 Å². The summed E-state index contributed by atoms with van der Waals surface area (Å²) >= 11 is 0. The Bertz CT molecular complexity index is 216. The maximum absolute atomic E-state index is 8.94. The standard InChI is InChI=1S/C13H26N2O2/c1-4-5-8-16-10-11-17-9-6-7-13(2,12-14)15-3/h15H,4-11H2,1-3H3. The lowest BCUT2D eigenvalue weighted by Crippen LogP contribution is -2.38. The van der Waals surface area contributed by atoms with Gasteiger partial charge in [-0.05, 0) is 33.2 Å². The number of ether oxygens (including phenoxy) is 2. The minimum atomic E-state index is -0.430. The number of nitriles is 1. The lowest BCUT2D eigenvalue weighted by Gasteiger charge is -2.20. The van der Waals surface area contributed by atoms with Gasteiger partial charge >= 0.3 is 0 Å². The molecule has 0 fully saturated rings. The van der Waals surface area contributed by atoms with Crippen LogP contribution in [0.1, 0.15) is 39.5 Å². The Morgan fingerprint density at radius 2 is 1.71 bits per heavy atom. The van der Waals surface area contributed by atoms with Crippen LogP contribution < -0.4 is 5.32 Å². The smallest absolute Gasteiger partial charge is 0.103 e. The van der Waals surface area contributed by atoms with E-state index in [0.717, 1.165) is 32.3 Å². The maximum Gasteiger partial charge on any atom is 0.103 e. The first kappa shape index (κ1) is 16.4. The summed E-state index contributed by atoms with van der Waals surface area (Å²) in [7, 11) is 1.81. The third-order valence-electron chi connectivity index (χ3n) is 2.78. The molecular formula is C13H26N2O2. The quantitative estimate of drug-likeness (QED) is 0.564. The molecule has 1 atom stereocenters. The average molecular weight is 242 g/mol. The minimum Gasteiger partial charge on any atom is -0.379 e. The van der Waals surface area contributed by atoms with Gasteiger partial charge in [-0.1, -0.05) is 13.3 Å². The van der Waals surface area contributed by atoms with Gasteiger partial charge in [0.25, 0.3) is 0 Å². The van der Waals surface area contributed by atoms with Gasteiger partial charge in [-0.15, -0.1) is 0 Å². The average Bonchev–Trinajstić information content (AvgIpc) is 2.36. The summed E-state index contributed by atoms with van der Waals surface area (Å²) in [6.07, 6.45) is 3.97. The molecule has 17 heavy (non-hydrogen) atoms. The summed E-state index contributed by atoms with van der Waals surface area (Å²) < 4.78 is 10.8. The van der Waals surface area contributed by atoms with Crippen molar-refractivity contribution in [3.63, 3.8) is 0 Å². The van der Waals surface area contributed by atoms with E-state index in [4.69, 9.17) is 14.7 Å². The van der Waals surface area contributed by atoms with Gasteiger partial charge in [-0.25, -0.2) is 0 Å². The van der Waals surface area contributed by atoms with Crippen LogP contribution in [0.5, 0.6) is 0 Å². The molecule has 0 amide bonds. The molecule has 0 spiro atoms. The Kier molecular flexibility index (Phi) is 10.1. The van der Waals surface area contributed by atoms with Gasteiger partial charge < -0.3 is 14.8 Å². The summed E-state index contributed by atoms with van der Waals surface area (Å²) in [6.45, 7) is 6.88. The molecule has 0 aromatic heterocycles. The fourth-order valence-corrected chi connectivity index (χ4v) is 1.33. The Labute approximate surface area is 105 Å².